The fourth-order valence-electron chi connectivity index (χ4n) is 2.51. The summed E-state index contributed by atoms with van der Waals surface area (Å²) in [5.41, 5.74) is 0.502. The second-order valence-corrected chi connectivity index (χ2v) is 7.61. The highest BCUT2D eigenvalue weighted by atomic mass is 32.2. The van der Waals surface area contributed by atoms with Gasteiger partial charge in [0.05, 0.1) is 4.90 Å². The van der Waals surface area contributed by atoms with Crippen LogP contribution < -0.4 is 10.0 Å². The van der Waals surface area contributed by atoms with Gasteiger partial charge in [0.25, 0.3) is 15.9 Å². The maximum Gasteiger partial charge on any atom is 0.261 e. The zero-order valence-corrected chi connectivity index (χ0v) is 16.2. The second-order valence-electron chi connectivity index (χ2n) is 5.92. The smallest absolute Gasteiger partial charge is 0.261 e. The Kier molecular flexibility index (Phi) is 7.32. The van der Waals surface area contributed by atoms with Crippen molar-refractivity contribution in [3.63, 3.8) is 0 Å². The van der Waals surface area contributed by atoms with Crippen LogP contribution in [0, 0.1) is 5.82 Å². The summed E-state index contributed by atoms with van der Waals surface area (Å²) < 4.78 is 40.3. The van der Waals surface area contributed by atoms with E-state index in [0.717, 1.165) is 31.8 Å². The minimum absolute atomic E-state index is 0.0387. The molecule has 2 rings (SSSR count). The highest BCUT2D eigenvalue weighted by molar-refractivity contribution is 7.92. The van der Waals surface area contributed by atoms with E-state index in [4.69, 9.17) is 0 Å². The van der Waals surface area contributed by atoms with Crippen LogP contribution in [0.5, 0.6) is 0 Å². The molecule has 0 unspecified atom stereocenters. The van der Waals surface area contributed by atoms with Gasteiger partial charge in [-0.05, 0) is 55.6 Å². The van der Waals surface area contributed by atoms with E-state index in [-0.39, 0.29) is 22.1 Å². The van der Waals surface area contributed by atoms with Crippen molar-refractivity contribution in [2.45, 2.75) is 18.7 Å². The van der Waals surface area contributed by atoms with Gasteiger partial charge in [-0.3, -0.25) is 9.52 Å². The van der Waals surface area contributed by atoms with E-state index in [2.05, 4.69) is 14.9 Å². The first kappa shape index (κ1) is 20.9. The summed E-state index contributed by atoms with van der Waals surface area (Å²) in [5.74, 6) is -0.790. The van der Waals surface area contributed by atoms with Crippen molar-refractivity contribution < 1.29 is 17.6 Å². The minimum atomic E-state index is -3.88. The van der Waals surface area contributed by atoms with E-state index < -0.39 is 15.8 Å². The van der Waals surface area contributed by atoms with Crippen molar-refractivity contribution in [2.24, 2.45) is 0 Å². The number of hydrogen-bond donors (Lipinski definition) is 2. The molecule has 0 atom stereocenters. The molecule has 6 nitrogen and oxygen atoms in total. The third-order valence-corrected chi connectivity index (χ3v) is 5.49. The fraction of sp³-hybridized carbons (Fsp3) is 0.316. The maximum atomic E-state index is 13.0. The maximum absolute atomic E-state index is 13.0. The van der Waals surface area contributed by atoms with Gasteiger partial charge < -0.3 is 10.2 Å². The first-order valence-electron chi connectivity index (χ1n) is 8.74. The van der Waals surface area contributed by atoms with Crippen LogP contribution in [-0.2, 0) is 10.0 Å². The first-order valence-corrected chi connectivity index (χ1v) is 10.2. The second kappa shape index (κ2) is 9.48. The normalized spacial score (nSPS) is 11.4. The standard InChI is InChI=1S/C19H24FN3O3S/c1-3-23(4-2)13-12-21-19(24)15-6-5-7-18(14-15)27(25,26)22-17-10-8-16(20)9-11-17/h5-11,14,22H,3-4,12-13H2,1-2H3,(H,21,24). The van der Waals surface area contributed by atoms with Crippen LogP contribution in [0.2, 0.25) is 0 Å². The lowest BCUT2D eigenvalue weighted by atomic mass is 10.2. The summed E-state index contributed by atoms with van der Waals surface area (Å²) in [7, 11) is -3.88. The lowest BCUT2D eigenvalue weighted by molar-refractivity contribution is 0.0948. The summed E-state index contributed by atoms with van der Waals surface area (Å²) in [4.78, 5) is 14.4. The van der Waals surface area contributed by atoms with Crippen molar-refractivity contribution in [1.82, 2.24) is 10.2 Å². The molecule has 8 heteroatoms. The number of anilines is 1. The van der Waals surface area contributed by atoms with Crippen molar-refractivity contribution in [3.8, 4) is 0 Å². The molecule has 0 aliphatic heterocycles. The topological polar surface area (TPSA) is 78.5 Å². The zero-order valence-electron chi connectivity index (χ0n) is 15.4. The number of benzene rings is 2. The molecule has 2 aromatic rings. The van der Waals surface area contributed by atoms with Gasteiger partial charge >= 0.3 is 0 Å². The molecule has 27 heavy (non-hydrogen) atoms. The molecule has 0 spiro atoms. The molecule has 0 fully saturated rings. The predicted octanol–water partition coefficient (Wildman–Crippen LogP) is 2.70. The highest BCUT2D eigenvalue weighted by Gasteiger charge is 2.16. The third-order valence-electron chi connectivity index (χ3n) is 4.11. The van der Waals surface area contributed by atoms with Gasteiger partial charge in [-0.2, -0.15) is 0 Å². The summed E-state index contributed by atoms with van der Waals surface area (Å²) in [6, 6.07) is 10.8. The van der Waals surface area contributed by atoms with E-state index in [0.29, 0.717) is 6.54 Å². The molecule has 2 N–H and O–H groups in total. The molecule has 0 saturated carbocycles. The molecule has 0 aromatic heterocycles. The SMILES string of the molecule is CCN(CC)CCNC(=O)c1cccc(S(=O)(=O)Nc2ccc(F)cc2)c1. The number of likely N-dealkylation sites (N-methyl/N-ethyl adjacent to an activating group) is 1. The van der Waals surface area contributed by atoms with Gasteiger partial charge in [-0.15, -0.1) is 0 Å². The number of nitrogens with zero attached hydrogens (tertiary/aromatic N) is 1. The number of amides is 1. The van der Waals surface area contributed by atoms with E-state index in [1.807, 2.05) is 13.8 Å². The largest absolute Gasteiger partial charge is 0.351 e. The van der Waals surface area contributed by atoms with Gasteiger partial charge in [-0.25, -0.2) is 12.8 Å². The Bertz CT molecular complexity index is 866. The molecule has 0 aliphatic carbocycles. The van der Waals surface area contributed by atoms with Crippen LogP contribution in [-0.4, -0.2) is 45.4 Å². The number of halogens is 1. The Morgan fingerprint density at radius 2 is 1.74 bits per heavy atom. The molecule has 0 saturated heterocycles. The van der Waals surface area contributed by atoms with Crippen molar-refractivity contribution >= 4 is 21.6 Å². The molecule has 146 valence electrons. The van der Waals surface area contributed by atoms with Crippen LogP contribution in [0.25, 0.3) is 0 Å². The van der Waals surface area contributed by atoms with E-state index in [1.165, 1.54) is 30.3 Å². The molecular formula is C19H24FN3O3S. The molecule has 0 heterocycles. The third kappa shape index (κ3) is 6.04. The van der Waals surface area contributed by atoms with Crippen LogP contribution in [0.4, 0.5) is 10.1 Å². The van der Waals surface area contributed by atoms with Crippen molar-refractivity contribution in [1.29, 1.82) is 0 Å². The quantitative estimate of drug-likeness (QED) is 0.687. The van der Waals surface area contributed by atoms with Gasteiger partial charge in [0.15, 0.2) is 0 Å². The van der Waals surface area contributed by atoms with Crippen molar-refractivity contribution in [2.75, 3.05) is 30.9 Å². The Balaban J connectivity index is 2.06. The molecule has 2 aromatic carbocycles. The Labute approximate surface area is 159 Å². The number of nitrogens with one attached hydrogen (secondary N) is 2. The van der Waals surface area contributed by atoms with Crippen LogP contribution in [0.15, 0.2) is 53.4 Å². The average molecular weight is 393 g/mol. The highest BCUT2D eigenvalue weighted by Crippen LogP contribution is 2.17. The van der Waals surface area contributed by atoms with Crippen LogP contribution in [0.1, 0.15) is 24.2 Å². The molecule has 0 radical (unpaired) electrons. The Hall–Kier alpha value is -2.45. The van der Waals surface area contributed by atoms with E-state index in [9.17, 15) is 17.6 Å². The number of hydrogen-bond acceptors (Lipinski definition) is 4. The van der Waals surface area contributed by atoms with E-state index in [1.54, 1.807) is 6.07 Å². The van der Waals surface area contributed by atoms with Gasteiger partial charge in [0.1, 0.15) is 5.82 Å². The number of sulfonamides is 1. The van der Waals surface area contributed by atoms with Crippen molar-refractivity contribution in [3.05, 3.63) is 59.9 Å². The lowest BCUT2D eigenvalue weighted by Crippen LogP contribution is -2.34. The molecule has 0 bridgehead atoms. The number of carbonyl (C=O) groups is 1. The Morgan fingerprint density at radius 3 is 2.37 bits per heavy atom. The van der Waals surface area contributed by atoms with Gasteiger partial charge in [0, 0.05) is 24.3 Å². The van der Waals surface area contributed by atoms with E-state index >= 15 is 0 Å². The van der Waals surface area contributed by atoms with Gasteiger partial charge in [0.2, 0.25) is 0 Å². The summed E-state index contributed by atoms with van der Waals surface area (Å²) >= 11 is 0. The fourth-order valence-corrected chi connectivity index (χ4v) is 3.61. The molecule has 0 aliphatic rings. The summed E-state index contributed by atoms with van der Waals surface area (Å²) in [6.07, 6.45) is 0. The summed E-state index contributed by atoms with van der Waals surface area (Å²) in [5, 5.41) is 2.80. The van der Waals surface area contributed by atoms with Gasteiger partial charge in [-0.1, -0.05) is 19.9 Å². The first-order chi connectivity index (χ1) is 12.9. The summed E-state index contributed by atoms with van der Waals surface area (Å²) in [6.45, 7) is 7.10. The van der Waals surface area contributed by atoms with Crippen LogP contribution >= 0.6 is 0 Å². The van der Waals surface area contributed by atoms with Crippen LogP contribution in [0.3, 0.4) is 0 Å². The monoisotopic (exact) mass is 393 g/mol. The molecule has 1 amide bonds. The predicted molar refractivity (Wildman–Crippen MR) is 104 cm³/mol. The average Bonchev–Trinajstić information content (AvgIpc) is 2.67. The Morgan fingerprint density at radius 1 is 1.07 bits per heavy atom. The lowest BCUT2D eigenvalue weighted by Gasteiger charge is -2.18. The minimum Gasteiger partial charge on any atom is -0.351 e. The zero-order chi connectivity index (χ0) is 19.9. The number of rotatable bonds is 9. The molecular weight excluding hydrogens is 369 g/mol. The number of carbonyl (C=O) groups excluding carboxylic acids is 1.